The van der Waals surface area contributed by atoms with E-state index in [1.165, 1.54) is 5.56 Å². The zero-order valence-corrected chi connectivity index (χ0v) is 11.0. The summed E-state index contributed by atoms with van der Waals surface area (Å²) in [6, 6.07) is 6.32. The minimum absolute atomic E-state index is 0.219. The first kappa shape index (κ1) is 13.2. The molecule has 0 aromatic heterocycles. The van der Waals surface area contributed by atoms with Crippen molar-refractivity contribution >= 4 is 0 Å². The molecule has 0 amide bonds. The van der Waals surface area contributed by atoms with Crippen molar-refractivity contribution in [1.29, 1.82) is 0 Å². The van der Waals surface area contributed by atoms with Gasteiger partial charge >= 0.3 is 0 Å². The van der Waals surface area contributed by atoms with Crippen molar-refractivity contribution < 1.29 is 14.6 Å². The van der Waals surface area contributed by atoms with Gasteiger partial charge in [-0.25, -0.2) is 0 Å². The molecule has 2 rings (SSSR count). The normalized spacial score (nSPS) is 15.1. The summed E-state index contributed by atoms with van der Waals surface area (Å²) in [6.45, 7) is 5.63. The summed E-state index contributed by atoms with van der Waals surface area (Å²) >= 11 is 0. The van der Waals surface area contributed by atoms with Gasteiger partial charge in [0, 0.05) is 19.2 Å². The van der Waals surface area contributed by atoms with Crippen LogP contribution in [0.3, 0.4) is 0 Å². The number of aliphatic hydroxyl groups excluding tert-OH is 1. The second-order valence-electron chi connectivity index (χ2n) is 4.93. The molecule has 1 unspecified atom stereocenters. The van der Waals surface area contributed by atoms with E-state index < -0.39 is 0 Å². The molecule has 1 atom stereocenters. The van der Waals surface area contributed by atoms with E-state index in [-0.39, 0.29) is 6.61 Å². The lowest BCUT2D eigenvalue weighted by atomic mass is 10.0. The van der Waals surface area contributed by atoms with E-state index in [1.54, 1.807) is 0 Å². The van der Waals surface area contributed by atoms with Crippen LogP contribution in [0.15, 0.2) is 18.2 Å². The molecule has 100 valence electrons. The summed E-state index contributed by atoms with van der Waals surface area (Å²) in [5.74, 6) is 2.14. The fourth-order valence-corrected chi connectivity index (χ4v) is 2.11. The van der Waals surface area contributed by atoms with Crippen LogP contribution >= 0.6 is 0 Å². The average molecular weight is 251 g/mol. The molecule has 4 heteroatoms. The van der Waals surface area contributed by atoms with Gasteiger partial charge in [0.15, 0.2) is 11.5 Å². The molecule has 0 saturated carbocycles. The Labute approximate surface area is 108 Å². The third-order valence-electron chi connectivity index (χ3n) is 3.25. The van der Waals surface area contributed by atoms with E-state index >= 15 is 0 Å². The third kappa shape index (κ3) is 3.15. The van der Waals surface area contributed by atoms with E-state index in [1.807, 2.05) is 18.2 Å². The summed E-state index contributed by atoms with van der Waals surface area (Å²) in [5.41, 5.74) is 1.17. The number of hydrogen-bond acceptors (Lipinski definition) is 4. The van der Waals surface area contributed by atoms with Gasteiger partial charge in [0.1, 0.15) is 0 Å². The molecule has 1 aromatic rings. The lowest BCUT2D eigenvalue weighted by Crippen LogP contribution is -2.34. The average Bonchev–Trinajstić information content (AvgIpc) is 2.81. The van der Waals surface area contributed by atoms with Crippen LogP contribution in [0.1, 0.15) is 25.8 Å². The molecule has 0 saturated heterocycles. The number of rotatable bonds is 6. The smallest absolute Gasteiger partial charge is 0.231 e. The van der Waals surface area contributed by atoms with Crippen molar-refractivity contribution in [3.8, 4) is 11.5 Å². The first-order valence-corrected chi connectivity index (χ1v) is 6.43. The quantitative estimate of drug-likeness (QED) is 0.811. The van der Waals surface area contributed by atoms with Gasteiger partial charge in [0.05, 0.1) is 0 Å². The summed E-state index contributed by atoms with van der Waals surface area (Å²) in [6.07, 6.45) is 0.780. The van der Waals surface area contributed by atoms with Crippen LogP contribution in [-0.4, -0.2) is 24.5 Å². The lowest BCUT2D eigenvalue weighted by molar-refractivity contribution is 0.174. The number of benzene rings is 1. The summed E-state index contributed by atoms with van der Waals surface area (Å²) in [7, 11) is 0. The molecule has 1 heterocycles. The SMILES string of the molecule is CC(C)C(CCO)NCc1ccc2c(c1)OCO2. The molecule has 18 heavy (non-hydrogen) atoms. The van der Waals surface area contributed by atoms with Gasteiger partial charge in [-0.3, -0.25) is 0 Å². The Kier molecular flexibility index (Phi) is 4.44. The van der Waals surface area contributed by atoms with E-state index in [0.29, 0.717) is 18.8 Å². The molecule has 4 nitrogen and oxygen atoms in total. The predicted octanol–water partition coefficient (Wildman–Crippen LogP) is 1.91. The number of fused-ring (bicyclic) bond motifs is 1. The molecule has 0 aliphatic carbocycles. The maximum atomic E-state index is 9.03. The van der Waals surface area contributed by atoms with Crippen LogP contribution in [0.5, 0.6) is 11.5 Å². The molecular weight excluding hydrogens is 230 g/mol. The number of ether oxygens (including phenoxy) is 2. The van der Waals surface area contributed by atoms with Crippen LogP contribution in [0, 0.1) is 5.92 Å². The van der Waals surface area contributed by atoms with Gasteiger partial charge in [-0.2, -0.15) is 0 Å². The molecule has 0 fully saturated rings. The molecule has 1 aliphatic rings. The van der Waals surface area contributed by atoms with Crippen molar-refractivity contribution in [2.45, 2.75) is 32.9 Å². The predicted molar refractivity (Wildman–Crippen MR) is 69.7 cm³/mol. The minimum Gasteiger partial charge on any atom is -0.454 e. The van der Waals surface area contributed by atoms with Crippen molar-refractivity contribution in [3.63, 3.8) is 0 Å². The maximum Gasteiger partial charge on any atom is 0.231 e. The summed E-state index contributed by atoms with van der Waals surface area (Å²) < 4.78 is 10.6. The van der Waals surface area contributed by atoms with Gasteiger partial charge in [-0.1, -0.05) is 19.9 Å². The Balaban J connectivity index is 1.93. The monoisotopic (exact) mass is 251 g/mol. The minimum atomic E-state index is 0.219. The van der Waals surface area contributed by atoms with Crippen molar-refractivity contribution in [2.75, 3.05) is 13.4 Å². The number of nitrogens with one attached hydrogen (secondary N) is 1. The van der Waals surface area contributed by atoms with Gasteiger partial charge in [-0.15, -0.1) is 0 Å². The Bertz CT molecular complexity index is 393. The zero-order valence-electron chi connectivity index (χ0n) is 11.0. The number of aliphatic hydroxyl groups is 1. The highest BCUT2D eigenvalue weighted by atomic mass is 16.7. The van der Waals surface area contributed by atoms with Crippen LogP contribution in [0.2, 0.25) is 0 Å². The summed E-state index contributed by atoms with van der Waals surface area (Å²) in [4.78, 5) is 0. The Morgan fingerprint density at radius 3 is 2.78 bits per heavy atom. The van der Waals surface area contributed by atoms with E-state index in [2.05, 4.69) is 19.2 Å². The first-order valence-electron chi connectivity index (χ1n) is 6.43. The topological polar surface area (TPSA) is 50.7 Å². The molecule has 0 radical (unpaired) electrons. The van der Waals surface area contributed by atoms with Crippen LogP contribution in [0.25, 0.3) is 0 Å². The van der Waals surface area contributed by atoms with E-state index in [0.717, 1.165) is 24.5 Å². The molecule has 0 spiro atoms. The fourth-order valence-electron chi connectivity index (χ4n) is 2.11. The molecular formula is C14H21NO3. The highest BCUT2D eigenvalue weighted by Gasteiger charge is 2.15. The van der Waals surface area contributed by atoms with Gasteiger partial charge in [-0.05, 0) is 30.0 Å². The van der Waals surface area contributed by atoms with Gasteiger partial charge in [0.2, 0.25) is 6.79 Å². The standard InChI is InChI=1S/C14H21NO3/c1-10(2)12(5-6-16)15-8-11-3-4-13-14(7-11)18-9-17-13/h3-4,7,10,12,15-16H,5-6,8-9H2,1-2H3. The molecule has 2 N–H and O–H groups in total. The Morgan fingerprint density at radius 2 is 2.06 bits per heavy atom. The van der Waals surface area contributed by atoms with Gasteiger partial charge < -0.3 is 19.9 Å². The highest BCUT2D eigenvalue weighted by molar-refractivity contribution is 5.44. The van der Waals surface area contributed by atoms with E-state index in [4.69, 9.17) is 14.6 Å². The first-order chi connectivity index (χ1) is 8.70. The maximum absolute atomic E-state index is 9.03. The second kappa shape index (κ2) is 6.07. The third-order valence-corrected chi connectivity index (χ3v) is 3.25. The largest absolute Gasteiger partial charge is 0.454 e. The molecule has 1 aromatic carbocycles. The van der Waals surface area contributed by atoms with Crippen molar-refractivity contribution in [2.24, 2.45) is 5.92 Å². The van der Waals surface area contributed by atoms with Crippen LogP contribution < -0.4 is 14.8 Å². The van der Waals surface area contributed by atoms with Gasteiger partial charge in [0.25, 0.3) is 0 Å². The lowest BCUT2D eigenvalue weighted by Gasteiger charge is -2.21. The van der Waals surface area contributed by atoms with E-state index in [9.17, 15) is 0 Å². The van der Waals surface area contributed by atoms with Crippen molar-refractivity contribution in [1.82, 2.24) is 5.32 Å². The van der Waals surface area contributed by atoms with Crippen molar-refractivity contribution in [3.05, 3.63) is 23.8 Å². The van der Waals surface area contributed by atoms with Crippen LogP contribution in [0.4, 0.5) is 0 Å². The fraction of sp³-hybridized carbons (Fsp3) is 0.571. The molecule has 0 bridgehead atoms. The summed E-state index contributed by atoms with van der Waals surface area (Å²) in [5, 5.41) is 12.5. The highest BCUT2D eigenvalue weighted by Crippen LogP contribution is 2.32. The van der Waals surface area contributed by atoms with Crippen LogP contribution in [-0.2, 0) is 6.54 Å². The number of hydrogen-bond donors (Lipinski definition) is 2. The Morgan fingerprint density at radius 1 is 1.28 bits per heavy atom. The zero-order chi connectivity index (χ0) is 13.0. The Hall–Kier alpha value is -1.26. The second-order valence-corrected chi connectivity index (χ2v) is 4.93. The molecule has 1 aliphatic heterocycles.